The van der Waals surface area contributed by atoms with Crippen LogP contribution in [0.25, 0.3) is 0 Å². The highest BCUT2D eigenvalue weighted by atomic mass is 16.5. The van der Waals surface area contributed by atoms with Crippen LogP contribution in [-0.2, 0) is 9.53 Å². The van der Waals surface area contributed by atoms with Crippen LogP contribution in [0.15, 0.2) is 6.33 Å². The first kappa shape index (κ1) is 15.0. The van der Waals surface area contributed by atoms with Gasteiger partial charge >= 0.3 is 5.97 Å². The van der Waals surface area contributed by atoms with E-state index in [-0.39, 0.29) is 37.0 Å². The number of rotatable bonds is 4. The van der Waals surface area contributed by atoms with Gasteiger partial charge in [0.1, 0.15) is 6.33 Å². The van der Waals surface area contributed by atoms with Crippen molar-refractivity contribution in [3.05, 3.63) is 11.9 Å². The monoisotopic (exact) mass is 297 g/mol. The lowest BCUT2D eigenvalue weighted by Gasteiger charge is -2.31. The molecule has 1 amide bonds. The molecule has 114 valence electrons. The average Bonchev–Trinajstić information content (AvgIpc) is 2.53. The van der Waals surface area contributed by atoms with Crippen LogP contribution in [0.3, 0.4) is 0 Å². The van der Waals surface area contributed by atoms with Crippen molar-refractivity contribution in [2.24, 2.45) is 0 Å². The average molecular weight is 297 g/mol. The number of ether oxygens (including phenoxy) is 3. The van der Waals surface area contributed by atoms with Gasteiger partial charge in [0.2, 0.25) is 11.8 Å². The van der Waals surface area contributed by atoms with E-state index in [1.807, 2.05) is 0 Å². The number of morpholine rings is 1. The minimum atomic E-state index is -1.12. The van der Waals surface area contributed by atoms with Gasteiger partial charge in [0.25, 0.3) is 5.91 Å². The van der Waals surface area contributed by atoms with Crippen LogP contribution in [0.4, 0.5) is 0 Å². The molecule has 0 bridgehead atoms. The van der Waals surface area contributed by atoms with Gasteiger partial charge in [0.05, 0.1) is 27.4 Å². The van der Waals surface area contributed by atoms with Crippen molar-refractivity contribution in [1.29, 1.82) is 0 Å². The van der Waals surface area contributed by atoms with Gasteiger partial charge in [-0.3, -0.25) is 4.79 Å². The number of methoxy groups -OCH3 is 2. The van der Waals surface area contributed by atoms with E-state index in [4.69, 9.17) is 19.3 Å². The quantitative estimate of drug-likeness (QED) is 0.785. The summed E-state index contributed by atoms with van der Waals surface area (Å²) in [6.07, 6.45) is 0.165. The van der Waals surface area contributed by atoms with E-state index in [1.165, 1.54) is 25.4 Å². The highest BCUT2D eigenvalue weighted by molar-refractivity contribution is 5.98. The van der Waals surface area contributed by atoms with Crippen molar-refractivity contribution in [2.75, 3.05) is 33.9 Å². The number of carbonyl (C=O) groups excluding carboxylic acids is 1. The number of aliphatic carboxylic acids is 1. The third kappa shape index (κ3) is 3.02. The van der Waals surface area contributed by atoms with Gasteiger partial charge < -0.3 is 24.2 Å². The molecule has 0 aromatic carbocycles. The Bertz CT molecular complexity index is 528. The summed E-state index contributed by atoms with van der Waals surface area (Å²) in [6.45, 7) is 0.347. The molecule has 0 radical (unpaired) electrons. The summed E-state index contributed by atoms with van der Waals surface area (Å²) in [7, 11) is 2.75. The Morgan fingerprint density at radius 1 is 1.33 bits per heavy atom. The molecule has 1 saturated heterocycles. The molecule has 9 nitrogen and oxygen atoms in total. The summed E-state index contributed by atoms with van der Waals surface area (Å²) in [5, 5.41) is 8.97. The first-order valence-corrected chi connectivity index (χ1v) is 6.15. The number of carboxylic acid groups (broad SMARTS) is 1. The maximum Gasteiger partial charge on any atom is 0.334 e. The minimum absolute atomic E-state index is 0.0601. The Morgan fingerprint density at radius 2 is 1.95 bits per heavy atom. The third-order valence-corrected chi connectivity index (χ3v) is 3.01. The third-order valence-electron chi connectivity index (χ3n) is 3.01. The number of amides is 1. The fourth-order valence-corrected chi connectivity index (χ4v) is 1.99. The zero-order valence-electron chi connectivity index (χ0n) is 11.6. The molecule has 1 aromatic rings. The number of hydrogen-bond acceptors (Lipinski definition) is 7. The molecule has 0 saturated carbocycles. The molecule has 0 aliphatic carbocycles. The van der Waals surface area contributed by atoms with Crippen molar-refractivity contribution < 1.29 is 28.9 Å². The van der Waals surface area contributed by atoms with Crippen LogP contribution in [0.5, 0.6) is 11.8 Å². The molecule has 1 N–H and O–H groups in total. The first-order valence-electron chi connectivity index (χ1n) is 6.15. The van der Waals surface area contributed by atoms with Gasteiger partial charge in [-0.15, -0.1) is 0 Å². The molecule has 2 rings (SSSR count). The number of hydrogen-bond donors (Lipinski definition) is 1. The topological polar surface area (TPSA) is 111 Å². The second kappa shape index (κ2) is 6.35. The van der Waals surface area contributed by atoms with E-state index in [9.17, 15) is 9.59 Å². The maximum absolute atomic E-state index is 12.6. The van der Waals surface area contributed by atoms with E-state index >= 15 is 0 Å². The van der Waals surface area contributed by atoms with Crippen molar-refractivity contribution in [3.8, 4) is 11.8 Å². The fourth-order valence-electron chi connectivity index (χ4n) is 1.99. The SMILES string of the molecule is COc1ncnc(OC)c1C(=O)N1CCOC(C(=O)O)C1. The normalized spacial score (nSPS) is 18.2. The molecule has 0 spiro atoms. The summed E-state index contributed by atoms with van der Waals surface area (Å²) in [4.78, 5) is 32.6. The number of aromatic nitrogens is 2. The second-order valence-electron chi connectivity index (χ2n) is 4.22. The van der Waals surface area contributed by atoms with E-state index in [2.05, 4.69) is 9.97 Å². The largest absolute Gasteiger partial charge is 0.480 e. The minimum Gasteiger partial charge on any atom is -0.480 e. The molecule has 2 heterocycles. The summed E-state index contributed by atoms with van der Waals surface area (Å²) in [5.74, 6) is -1.43. The van der Waals surface area contributed by atoms with Crippen molar-refractivity contribution in [1.82, 2.24) is 14.9 Å². The number of carboxylic acids is 1. The predicted octanol–water partition coefficient (Wildman–Crippen LogP) is -0.581. The first-order chi connectivity index (χ1) is 10.1. The molecule has 21 heavy (non-hydrogen) atoms. The van der Waals surface area contributed by atoms with E-state index in [1.54, 1.807) is 0 Å². The van der Waals surface area contributed by atoms with Crippen molar-refractivity contribution >= 4 is 11.9 Å². The lowest BCUT2D eigenvalue weighted by molar-refractivity contribution is -0.154. The van der Waals surface area contributed by atoms with E-state index < -0.39 is 18.0 Å². The van der Waals surface area contributed by atoms with Crippen molar-refractivity contribution in [3.63, 3.8) is 0 Å². The van der Waals surface area contributed by atoms with Gasteiger partial charge in [0, 0.05) is 6.54 Å². The highest BCUT2D eigenvalue weighted by Crippen LogP contribution is 2.25. The molecular formula is C12H15N3O6. The van der Waals surface area contributed by atoms with E-state index in [0.717, 1.165) is 0 Å². The highest BCUT2D eigenvalue weighted by Gasteiger charge is 2.33. The van der Waals surface area contributed by atoms with Gasteiger partial charge in [-0.2, -0.15) is 0 Å². The molecule has 9 heteroatoms. The van der Waals surface area contributed by atoms with Crippen LogP contribution in [0, 0.1) is 0 Å². The van der Waals surface area contributed by atoms with Gasteiger partial charge in [-0.25, -0.2) is 14.8 Å². The summed E-state index contributed by atoms with van der Waals surface area (Å²) < 4.78 is 15.2. The van der Waals surface area contributed by atoms with Crippen LogP contribution in [-0.4, -0.2) is 71.9 Å². The zero-order valence-corrected chi connectivity index (χ0v) is 11.6. The zero-order chi connectivity index (χ0) is 15.4. The second-order valence-corrected chi connectivity index (χ2v) is 4.22. The Hall–Kier alpha value is -2.42. The van der Waals surface area contributed by atoms with Gasteiger partial charge in [0.15, 0.2) is 11.7 Å². The Balaban J connectivity index is 2.29. The summed E-state index contributed by atoms with van der Waals surface area (Å²) in [5.41, 5.74) is 0.0635. The molecular weight excluding hydrogens is 282 g/mol. The molecule has 1 atom stereocenters. The van der Waals surface area contributed by atoms with Gasteiger partial charge in [-0.1, -0.05) is 0 Å². The molecule has 1 aliphatic heterocycles. The lowest BCUT2D eigenvalue weighted by atomic mass is 10.2. The molecule has 1 aliphatic rings. The molecule has 1 unspecified atom stereocenters. The van der Waals surface area contributed by atoms with Crippen LogP contribution in [0.2, 0.25) is 0 Å². The van der Waals surface area contributed by atoms with Crippen molar-refractivity contribution in [2.45, 2.75) is 6.10 Å². The standard InChI is InChI=1S/C12H15N3O6/c1-19-9-8(10(20-2)14-6-13-9)11(16)15-3-4-21-7(5-15)12(17)18/h6-7H,3-5H2,1-2H3,(H,17,18). The molecule has 1 fully saturated rings. The summed E-state index contributed by atoms with van der Waals surface area (Å²) in [6, 6.07) is 0. The summed E-state index contributed by atoms with van der Waals surface area (Å²) >= 11 is 0. The lowest BCUT2D eigenvalue weighted by Crippen LogP contribution is -2.48. The maximum atomic E-state index is 12.6. The molecule has 1 aromatic heterocycles. The number of nitrogens with zero attached hydrogens (tertiary/aromatic N) is 3. The Kier molecular flexibility index (Phi) is 4.53. The number of carbonyl (C=O) groups is 2. The predicted molar refractivity (Wildman–Crippen MR) is 68.4 cm³/mol. The van der Waals surface area contributed by atoms with Crippen LogP contribution < -0.4 is 9.47 Å². The Morgan fingerprint density at radius 3 is 2.48 bits per heavy atom. The fraction of sp³-hybridized carbons (Fsp3) is 0.500. The smallest absolute Gasteiger partial charge is 0.334 e. The Labute approximate surface area is 120 Å². The van der Waals surface area contributed by atoms with Crippen LogP contribution >= 0.6 is 0 Å². The van der Waals surface area contributed by atoms with Crippen LogP contribution in [0.1, 0.15) is 10.4 Å². The van der Waals surface area contributed by atoms with Gasteiger partial charge in [-0.05, 0) is 0 Å². The van der Waals surface area contributed by atoms with E-state index in [0.29, 0.717) is 0 Å².